The van der Waals surface area contributed by atoms with Crippen molar-refractivity contribution in [3.05, 3.63) is 95.4 Å². The molecule has 1 atom stereocenters. The molecule has 2 aromatic carbocycles. The number of carbonyl (C=O) groups excluding carboxylic acids is 2. The van der Waals surface area contributed by atoms with E-state index in [4.69, 9.17) is 4.74 Å². The largest absolute Gasteiger partial charge is 0.466 e. The van der Waals surface area contributed by atoms with E-state index in [9.17, 15) is 9.59 Å². The Morgan fingerprint density at radius 3 is 2.69 bits per heavy atom. The Morgan fingerprint density at radius 2 is 1.92 bits per heavy atom. The van der Waals surface area contributed by atoms with Crippen LogP contribution in [0.3, 0.4) is 0 Å². The molecule has 0 spiro atoms. The summed E-state index contributed by atoms with van der Waals surface area (Å²) in [5.41, 5.74) is 5.85. The number of ether oxygens (including phenoxy) is 1. The lowest BCUT2D eigenvalue weighted by atomic mass is 9.99. The van der Waals surface area contributed by atoms with Crippen LogP contribution >= 0.6 is 0 Å². The maximum Gasteiger partial charge on any atom is 0.308 e. The molecular weight excluding hydrogens is 452 g/mol. The van der Waals surface area contributed by atoms with Gasteiger partial charge in [-0.25, -0.2) is 0 Å². The first-order valence-corrected chi connectivity index (χ1v) is 12.2. The van der Waals surface area contributed by atoms with Gasteiger partial charge in [-0.3, -0.25) is 14.6 Å². The molecule has 0 saturated heterocycles. The van der Waals surface area contributed by atoms with Gasteiger partial charge in [0.05, 0.1) is 37.0 Å². The first kappa shape index (κ1) is 23.6. The molecule has 1 amide bonds. The number of hydrogen-bond acceptors (Lipinski definition) is 5. The molecule has 184 valence electrons. The van der Waals surface area contributed by atoms with Crippen LogP contribution in [0.25, 0.3) is 10.9 Å². The zero-order chi connectivity index (χ0) is 25.2. The van der Waals surface area contributed by atoms with Crippen LogP contribution in [0.2, 0.25) is 0 Å². The van der Waals surface area contributed by atoms with E-state index >= 15 is 0 Å². The van der Waals surface area contributed by atoms with Crippen LogP contribution in [0, 0.1) is 6.92 Å². The van der Waals surface area contributed by atoms with Crippen LogP contribution in [0.15, 0.2) is 73.2 Å². The summed E-state index contributed by atoms with van der Waals surface area (Å²) in [5.74, 6) is -0.464. The summed E-state index contributed by atoms with van der Waals surface area (Å²) < 4.78 is 7.41. The number of esters is 1. The van der Waals surface area contributed by atoms with Gasteiger partial charge in [0.1, 0.15) is 0 Å². The van der Waals surface area contributed by atoms with Gasteiger partial charge in [-0.15, -0.1) is 0 Å². The van der Waals surface area contributed by atoms with E-state index in [1.807, 2.05) is 36.4 Å². The first-order valence-electron chi connectivity index (χ1n) is 12.2. The summed E-state index contributed by atoms with van der Waals surface area (Å²) in [6.45, 7) is 5.17. The van der Waals surface area contributed by atoms with Crippen molar-refractivity contribution in [2.24, 2.45) is 7.05 Å². The van der Waals surface area contributed by atoms with E-state index in [-0.39, 0.29) is 18.3 Å². The molecule has 0 N–H and O–H groups in total. The molecule has 0 bridgehead atoms. The van der Waals surface area contributed by atoms with Crippen molar-refractivity contribution in [3.8, 4) is 0 Å². The average molecular weight is 483 g/mol. The Balaban J connectivity index is 1.56. The van der Waals surface area contributed by atoms with Crippen molar-refractivity contribution in [1.29, 1.82) is 0 Å². The van der Waals surface area contributed by atoms with Gasteiger partial charge in [0.2, 0.25) is 0 Å². The number of anilines is 1. The number of nitrogens with zero attached hydrogens (tertiary/aromatic N) is 4. The monoisotopic (exact) mass is 482 g/mol. The molecule has 5 rings (SSSR count). The Kier molecular flexibility index (Phi) is 6.46. The van der Waals surface area contributed by atoms with Gasteiger partial charge >= 0.3 is 5.97 Å². The average Bonchev–Trinajstić information content (AvgIpc) is 3.21. The summed E-state index contributed by atoms with van der Waals surface area (Å²) >= 11 is 0. The highest BCUT2D eigenvalue weighted by Crippen LogP contribution is 2.36. The van der Waals surface area contributed by atoms with E-state index < -0.39 is 6.04 Å². The van der Waals surface area contributed by atoms with Gasteiger partial charge in [-0.05, 0) is 42.7 Å². The number of aromatic nitrogens is 2. The number of fused-ring (bicyclic) bond motifs is 2. The number of hydrogen-bond donors (Lipinski definition) is 0. The number of benzene rings is 2. The maximum absolute atomic E-state index is 13.7. The van der Waals surface area contributed by atoms with E-state index in [2.05, 4.69) is 52.8 Å². The Hall–Kier alpha value is -4.13. The minimum Gasteiger partial charge on any atom is -0.466 e. The Labute approximate surface area is 210 Å². The summed E-state index contributed by atoms with van der Waals surface area (Å²) in [6, 6.07) is 17.4. The van der Waals surface area contributed by atoms with Gasteiger partial charge in [0, 0.05) is 43.1 Å². The third kappa shape index (κ3) is 4.33. The molecule has 1 aliphatic rings. The molecule has 3 heterocycles. The number of aryl methyl sites for hydroxylation is 2. The number of rotatable bonds is 7. The minimum atomic E-state index is -0.456. The molecule has 0 aliphatic carbocycles. The number of pyridine rings is 1. The predicted octanol–water partition coefficient (Wildman–Crippen LogP) is 5.00. The van der Waals surface area contributed by atoms with Gasteiger partial charge < -0.3 is 19.1 Å². The van der Waals surface area contributed by atoms with Crippen molar-refractivity contribution in [1.82, 2.24) is 14.5 Å². The minimum absolute atomic E-state index is 0.0837. The van der Waals surface area contributed by atoms with E-state index in [1.54, 1.807) is 24.2 Å². The molecule has 0 saturated carbocycles. The van der Waals surface area contributed by atoms with Crippen molar-refractivity contribution in [2.75, 3.05) is 18.2 Å². The van der Waals surface area contributed by atoms with Crippen molar-refractivity contribution >= 4 is 28.5 Å². The molecule has 1 aliphatic heterocycles. The van der Waals surface area contributed by atoms with Crippen molar-refractivity contribution in [2.45, 2.75) is 32.9 Å². The van der Waals surface area contributed by atoms with Crippen LogP contribution in [0.4, 0.5) is 5.69 Å². The second-order valence-corrected chi connectivity index (χ2v) is 9.18. The smallest absolute Gasteiger partial charge is 0.308 e. The van der Waals surface area contributed by atoms with Gasteiger partial charge in [-0.2, -0.15) is 0 Å². The highest BCUT2D eigenvalue weighted by Gasteiger charge is 2.36. The third-order valence-corrected chi connectivity index (χ3v) is 6.84. The van der Waals surface area contributed by atoms with Gasteiger partial charge in [0.25, 0.3) is 5.91 Å². The topological polar surface area (TPSA) is 67.7 Å². The lowest BCUT2D eigenvalue weighted by Crippen LogP contribution is -2.48. The Morgan fingerprint density at radius 1 is 1.11 bits per heavy atom. The molecule has 4 aromatic rings. The van der Waals surface area contributed by atoms with Gasteiger partial charge in [-0.1, -0.05) is 42.5 Å². The van der Waals surface area contributed by atoms with Crippen molar-refractivity contribution < 1.29 is 14.3 Å². The molecular formula is C29H30N4O3. The zero-order valence-electron chi connectivity index (χ0n) is 20.8. The second-order valence-electron chi connectivity index (χ2n) is 9.18. The fourth-order valence-corrected chi connectivity index (χ4v) is 5.20. The number of carbonyl (C=O) groups is 2. The van der Waals surface area contributed by atoms with E-state index in [0.29, 0.717) is 25.4 Å². The van der Waals surface area contributed by atoms with Crippen molar-refractivity contribution in [3.63, 3.8) is 0 Å². The zero-order valence-corrected chi connectivity index (χ0v) is 20.8. The van der Waals surface area contributed by atoms with Crippen LogP contribution < -0.4 is 4.90 Å². The lowest BCUT2D eigenvalue weighted by Gasteiger charge is -2.41. The van der Waals surface area contributed by atoms with Gasteiger partial charge in [0.15, 0.2) is 0 Å². The summed E-state index contributed by atoms with van der Waals surface area (Å²) in [6.07, 6.45) is 5.58. The normalized spacial score (nSPS) is 14.1. The first-order chi connectivity index (χ1) is 17.5. The molecule has 7 nitrogen and oxygen atoms in total. The standard InChI is InChI=1S/C29H30N4O3/c1-4-36-27(34)15-26(21-10-6-5-7-11-21)33-19-32(24-13-14-30-16-23(24)29(33)35)18-22-17-31(3)25-12-8-9-20(2)28(22)25/h5-14,16-17,26H,4,15,18-19H2,1-3H3. The van der Waals surface area contributed by atoms with Crippen LogP contribution in [-0.2, 0) is 23.1 Å². The predicted molar refractivity (Wildman–Crippen MR) is 140 cm³/mol. The summed E-state index contributed by atoms with van der Waals surface area (Å²) in [7, 11) is 2.06. The van der Waals surface area contributed by atoms with E-state index in [0.717, 1.165) is 11.3 Å². The van der Waals surface area contributed by atoms with Crippen LogP contribution in [0.5, 0.6) is 0 Å². The molecule has 2 aromatic heterocycles. The number of amides is 1. The highest BCUT2D eigenvalue weighted by molar-refractivity contribution is 6.01. The lowest BCUT2D eigenvalue weighted by molar-refractivity contribution is -0.144. The fourth-order valence-electron chi connectivity index (χ4n) is 5.20. The summed E-state index contributed by atoms with van der Waals surface area (Å²) in [4.78, 5) is 34.5. The molecule has 1 unspecified atom stereocenters. The Bertz CT molecular complexity index is 1410. The molecule has 36 heavy (non-hydrogen) atoms. The quantitative estimate of drug-likeness (QED) is 0.347. The SMILES string of the molecule is CCOC(=O)CC(c1ccccc1)N1CN(Cc2cn(C)c3cccc(C)c23)c2ccncc2C1=O. The summed E-state index contributed by atoms with van der Waals surface area (Å²) in [5, 5.41) is 1.23. The van der Waals surface area contributed by atoms with Crippen LogP contribution in [0.1, 0.15) is 46.4 Å². The van der Waals surface area contributed by atoms with Crippen LogP contribution in [-0.4, -0.2) is 39.6 Å². The third-order valence-electron chi connectivity index (χ3n) is 6.84. The highest BCUT2D eigenvalue weighted by atomic mass is 16.5. The molecule has 0 radical (unpaired) electrons. The molecule has 0 fully saturated rings. The molecule has 7 heteroatoms. The maximum atomic E-state index is 13.7. The van der Waals surface area contributed by atoms with E-state index in [1.165, 1.54) is 22.0 Å². The fraction of sp³-hybridized carbons (Fsp3) is 0.276. The second kappa shape index (κ2) is 9.85.